The summed E-state index contributed by atoms with van der Waals surface area (Å²) in [5, 5.41) is 0.668. The summed E-state index contributed by atoms with van der Waals surface area (Å²) in [7, 11) is 0. The van der Waals surface area contributed by atoms with E-state index in [4.69, 9.17) is 17.4 Å². The lowest BCUT2D eigenvalue weighted by molar-refractivity contribution is 0.697. The van der Waals surface area contributed by atoms with E-state index in [-0.39, 0.29) is 0 Å². The van der Waals surface area contributed by atoms with E-state index in [1.54, 1.807) is 12.1 Å². The standard InChI is InChI=1S/C7H6ClN2/c8-7-3-1-2-6(4-7)5-10-9/h1-4H,5H2/q+1. The number of hydrogen-bond acceptors (Lipinski definition) is 0. The molecule has 0 spiro atoms. The van der Waals surface area contributed by atoms with Gasteiger partial charge in [-0.2, -0.15) is 0 Å². The van der Waals surface area contributed by atoms with E-state index in [2.05, 4.69) is 5.43 Å². The molecule has 0 saturated carbocycles. The Kier molecular flexibility index (Phi) is 2.68. The molecule has 0 aliphatic carbocycles. The molecule has 0 saturated heterocycles. The third kappa shape index (κ3) is 1.99. The van der Waals surface area contributed by atoms with Gasteiger partial charge in [-0.3, -0.25) is 0 Å². The Morgan fingerprint density at radius 2 is 2.30 bits per heavy atom. The summed E-state index contributed by atoms with van der Waals surface area (Å²) >= 11 is 5.66. The van der Waals surface area contributed by atoms with Crippen LogP contribution >= 0.6 is 11.6 Å². The Labute approximate surface area is 65.0 Å². The minimum Gasteiger partial charge on any atom is -0.0843 e. The highest BCUT2D eigenvalue weighted by molar-refractivity contribution is 6.30. The summed E-state index contributed by atoms with van der Waals surface area (Å²) in [6.45, 7) is 0.306. The van der Waals surface area contributed by atoms with Gasteiger partial charge in [0.2, 0.25) is 12.0 Å². The number of benzene rings is 1. The Balaban J connectivity index is 2.75. The van der Waals surface area contributed by atoms with E-state index in [1.165, 1.54) is 0 Å². The maximum absolute atomic E-state index is 8.19. The fourth-order valence-electron chi connectivity index (χ4n) is 0.717. The van der Waals surface area contributed by atoms with Gasteiger partial charge >= 0.3 is 0 Å². The molecule has 1 aromatic carbocycles. The zero-order chi connectivity index (χ0) is 7.40. The number of nitrogens with zero attached hydrogens (tertiary/aromatic N) is 2. The molecular weight excluding hydrogens is 148 g/mol. The van der Waals surface area contributed by atoms with Crippen LogP contribution in [0.25, 0.3) is 0 Å². The second-order valence-corrected chi connectivity index (χ2v) is 2.37. The molecule has 1 aromatic rings. The van der Waals surface area contributed by atoms with Crippen molar-refractivity contribution in [3.8, 4) is 0 Å². The first-order chi connectivity index (χ1) is 4.83. The highest BCUT2D eigenvalue weighted by Crippen LogP contribution is 2.09. The molecule has 0 atom stereocenters. The molecule has 50 valence electrons. The molecule has 4 radical (unpaired) electrons. The minimum atomic E-state index is 0.306. The van der Waals surface area contributed by atoms with Crippen molar-refractivity contribution in [3.63, 3.8) is 0 Å². The first kappa shape index (κ1) is 7.54. The summed E-state index contributed by atoms with van der Waals surface area (Å²) < 4.78 is 0. The Bertz CT molecular complexity index is 213. The predicted molar refractivity (Wildman–Crippen MR) is 39.4 cm³/mol. The predicted octanol–water partition coefficient (Wildman–Crippen LogP) is 1.43. The first-order valence-corrected chi connectivity index (χ1v) is 3.26. The van der Waals surface area contributed by atoms with Crippen LogP contribution in [0.5, 0.6) is 0 Å². The van der Waals surface area contributed by atoms with E-state index < -0.39 is 0 Å². The smallest absolute Gasteiger partial charge is 0.0843 e. The molecule has 0 N–H and O–H groups in total. The highest BCUT2D eigenvalue weighted by Gasteiger charge is 2.02. The largest absolute Gasteiger partial charge is 0.265 e. The van der Waals surface area contributed by atoms with Gasteiger partial charge in [-0.25, -0.2) is 0 Å². The lowest BCUT2D eigenvalue weighted by atomic mass is 10.2. The van der Waals surface area contributed by atoms with Gasteiger partial charge in [0.05, 0.1) is 0 Å². The van der Waals surface area contributed by atoms with Crippen molar-refractivity contribution in [3.05, 3.63) is 34.9 Å². The average molecular weight is 154 g/mol. The van der Waals surface area contributed by atoms with Crippen LogP contribution in [0.3, 0.4) is 0 Å². The summed E-state index contributed by atoms with van der Waals surface area (Å²) in [6.07, 6.45) is 0. The second kappa shape index (κ2) is 3.56. The summed E-state index contributed by atoms with van der Waals surface area (Å²) in [5.41, 5.74) is 3.90. The quantitative estimate of drug-likeness (QED) is 0.577. The van der Waals surface area contributed by atoms with Crippen molar-refractivity contribution in [2.45, 2.75) is 6.54 Å². The van der Waals surface area contributed by atoms with E-state index in [0.29, 0.717) is 11.6 Å². The van der Waals surface area contributed by atoms with Crippen LogP contribution in [0, 0.1) is 0 Å². The Hall–Kier alpha value is -0.570. The molecule has 0 fully saturated rings. The van der Waals surface area contributed by atoms with Crippen molar-refractivity contribution in [2.24, 2.45) is 0 Å². The fourth-order valence-corrected chi connectivity index (χ4v) is 0.930. The maximum Gasteiger partial charge on any atom is 0.265 e. The van der Waals surface area contributed by atoms with Crippen molar-refractivity contribution in [2.75, 3.05) is 0 Å². The fraction of sp³-hybridized carbons (Fsp3) is 0.143. The van der Waals surface area contributed by atoms with Gasteiger partial charge in [-0.15, -0.1) is 0 Å². The first-order valence-electron chi connectivity index (χ1n) is 2.88. The summed E-state index contributed by atoms with van der Waals surface area (Å²) in [6, 6.07) is 7.22. The van der Waals surface area contributed by atoms with Crippen LogP contribution in [0.4, 0.5) is 0 Å². The highest BCUT2D eigenvalue weighted by atomic mass is 35.5. The zero-order valence-corrected chi connectivity index (χ0v) is 6.04. The number of rotatable bonds is 2. The third-order valence-corrected chi connectivity index (χ3v) is 1.38. The van der Waals surface area contributed by atoms with Crippen LogP contribution in [-0.2, 0) is 6.54 Å². The van der Waals surface area contributed by atoms with Crippen LogP contribution in [0.15, 0.2) is 24.3 Å². The lowest BCUT2D eigenvalue weighted by Gasteiger charge is -1.89. The van der Waals surface area contributed by atoms with Crippen molar-refractivity contribution in [1.29, 1.82) is 0 Å². The van der Waals surface area contributed by atoms with Gasteiger partial charge in [-0.1, -0.05) is 23.7 Å². The van der Waals surface area contributed by atoms with Crippen LogP contribution in [0.2, 0.25) is 5.02 Å². The van der Waals surface area contributed by atoms with Gasteiger partial charge in [0, 0.05) is 10.6 Å². The molecule has 0 heterocycles. The molecule has 1 rings (SSSR count). The maximum atomic E-state index is 8.19. The molecule has 0 unspecified atom stereocenters. The summed E-state index contributed by atoms with van der Waals surface area (Å²) in [5.74, 6) is 8.19. The Morgan fingerprint density at radius 3 is 2.90 bits per heavy atom. The van der Waals surface area contributed by atoms with Gasteiger partial charge in [0.25, 0.3) is 5.84 Å². The Morgan fingerprint density at radius 1 is 1.50 bits per heavy atom. The van der Waals surface area contributed by atoms with E-state index >= 15 is 0 Å². The van der Waals surface area contributed by atoms with Gasteiger partial charge in [0.1, 0.15) is 0 Å². The average Bonchev–Trinajstić information content (AvgIpc) is 1.88. The third-order valence-electron chi connectivity index (χ3n) is 1.14. The summed E-state index contributed by atoms with van der Waals surface area (Å²) in [4.78, 5) is 0. The zero-order valence-electron chi connectivity index (χ0n) is 5.29. The second-order valence-electron chi connectivity index (χ2n) is 1.93. The number of hydrogen-bond donors (Lipinski definition) is 0. The molecule has 0 amide bonds. The van der Waals surface area contributed by atoms with E-state index in [0.717, 1.165) is 5.56 Å². The molecule has 3 heteroatoms. The van der Waals surface area contributed by atoms with Gasteiger partial charge in [0.15, 0.2) is 0 Å². The van der Waals surface area contributed by atoms with Crippen molar-refractivity contribution >= 4 is 11.6 Å². The van der Waals surface area contributed by atoms with Crippen molar-refractivity contribution < 1.29 is 0 Å². The van der Waals surface area contributed by atoms with Gasteiger partial charge in [-0.05, 0) is 12.1 Å². The molecule has 0 aliphatic rings. The molecule has 0 aliphatic heterocycles. The van der Waals surface area contributed by atoms with Crippen LogP contribution < -0.4 is 11.3 Å². The topological polar surface area (TPSA) is 36.4 Å². The molecule has 2 nitrogen and oxygen atoms in total. The number of halogens is 1. The van der Waals surface area contributed by atoms with Crippen LogP contribution in [0.1, 0.15) is 5.56 Å². The monoisotopic (exact) mass is 153 g/mol. The minimum absolute atomic E-state index is 0.306. The van der Waals surface area contributed by atoms with Crippen LogP contribution in [-0.4, -0.2) is 0 Å². The molecule has 0 aromatic heterocycles. The normalized spacial score (nSPS) is 9.80. The molecular formula is C7H6ClN2+. The molecule has 10 heavy (non-hydrogen) atoms. The van der Waals surface area contributed by atoms with Crippen molar-refractivity contribution in [1.82, 2.24) is 11.3 Å². The van der Waals surface area contributed by atoms with E-state index in [1.807, 2.05) is 12.1 Å². The molecule has 0 bridgehead atoms. The van der Waals surface area contributed by atoms with Gasteiger partial charge < -0.3 is 0 Å². The van der Waals surface area contributed by atoms with E-state index in [9.17, 15) is 0 Å². The lowest BCUT2D eigenvalue weighted by Crippen LogP contribution is -1.99. The SMILES string of the molecule is [N][N+]Cc1cccc(Cl)c1.